The summed E-state index contributed by atoms with van der Waals surface area (Å²) in [5.41, 5.74) is 1.17. The number of carbonyl (C=O) groups excluding carboxylic acids is 4. The number of imide groups is 1. The maximum Gasteiger partial charge on any atom is 0.253 e. The summed E-state index contributed by atoms with van der Waals surface area (Å²) in [7, 11) is 3.93. The lowest BCUT2D eigenvalue weighted by Gasteiger charge is -2.14. The van der Waals surface area contributed by atoms with E-state index in [1.54, 1.807) is 0 Å². The predicted molar refractivity (Wildman–Crippen MR) is 201 cm³/mol. The highest BCUT2D eigenvalue weighted by Crippen LogP contribution is 2.36. The van der Waals surface area contributed by atoms with Crippen LogP contribution in [0.25, 0.3) is 32.3 Å². The summed E-state index contributed by atoms with van der Waals surface area (Å²) >= 11 is 0. The minimum Gasteiger partial charge on any atom is -0.354 e. The molecule has 0 unspecified atom stereocenters. The van der Waals surface area contributed by atoms with Gasteiger partial charge in [0, 0.05) is 56.1 Å². The SMILES string of the molecule is O=C(CCCCCCCSSCCCCCCCC(=O)NCc1ccc2ccc3cccc4ccc1c2c34)NCCN1C(=O)C=CC1=O. The molecule has 5 rings (SSSR count). The molecule has 1 heterocycles. The molecule has 9 heteroatoms. The lowest BCUT2D eigenvalue weighted by atomic mass is 9.92. The fourth-order valence-electron chi connectivity index (χ4n) is 6.35. The molecule has 4 aromatic carbocycles. The minimum absolute atomic E-state index is 0.0218. The average molecular weight is 686 g/mol. The smallest absolute Gasteiger partial charge is 0.253 e. The third-order valence-corrected chi connectivity index (χ3v) is 11.6. The number of unbranched alkanes of at least 4 members (excludes halogenated alkanes) is 8. The van der Waals surface area contributed by atoms with E-state index in [0.29, 0.717) is 25.9 Å². The van der Waals surface area contributed by atoms with Crippen molar-refractivity contribution in [1.82, 2.24) is 15.5 Å². The molecule has 7 nitrogen and oxygen atoms in total. The topological polar surface area (TPSA) is 95.6 Å². The quantitative estimate of drug-likeness (QED) is 0.0374. The summed E-state index contributed by atoms with van der Waals surface area (Å²) < 4.78 is 0. The maximum absolute atomic E-state index is 12.6. The lowest BCUT2D eigenvalue weighted by Crippen LogP contribution is -2.38. The molecule has 1 aliphatic heterocycles. The molecule has 254 valence electrons. The van der Waals surface area contributed by atoms with Crippen LogP contribution in [0.4, 0.5) is 0 Å². The van der Waals surface area contributed by atoms with Crippen LogP contribution in [0.15, 0.2) is 66.7 Å². The van der Waals surface area contributed by atoms with E-state index in [1.165, 1.54) is 87.9 Å². The number of carbonyl (C=O) groups is 4. The third kappa shape index (κ3) is 10.2. The summed E-state index contributed by atoms with van der Waals surface area (Å²) in [5.74, 6) is 1.83. The first-order valence-corrected chi connectivity index (χ1v) is 20.0. The van der Waals surface area contributed by atoms with Crippen LogP contribution >= 0.6 is 21.6 Å². The molecule has 4 amide bonds. The molecule has 0 atom stereocenters. The van der Waals surface area contributed by atoms with Gasteiger partial charge in [0.2, 0.25) is 11.8 Å². The van der Waals surface area contributed by atoms with Gasteiger partial charge in [0.15, 0.2) is 0 Å². The Morgan fingerprint density at radius 3 is 1.75 bits per heavy atom. The Hall–Kier alpha value is -3.56. The number of hydrogen-bond acceptors (Lipinski definition) is 6. The van der Waals surface area contributed by atoms with Gasteiger partial charge in [-0.1, -0.05) is 115 Å². The van der Waals surface area contributed by atoms with Crippen LogP contribution in [0.3, 0.4) is 0 Å². The second kappa shape index (κ2) is 18.8. The Bertz CT molecular complexity index is 1690. The summed E-state index contributed by atoms with van der Waals surface area (Å²) in [4.78, 5) is 48.7. The van der Waals surface area contributed by atoms with E-state index < -0.39 is 0 Å². The van der Waals surface area contributed by atoms with Crippen molar-refractivity contribution in [3.05, 3.63) is 72.3 Å². The van der Waals surface area contributed by atoms with Crippen molar-refractivity contribution < 1.29 is 19.2 Å². The summed E-state index contributed by atoms with van der Waals surface area (Å²) in [5, 5.41) is 13.6. The summed E-state index contributed by atoms with van der Waals surface area (Å²) in [6.07, 6.45) is 14.7. The largest absolute Gasteiger partial charge is 0.354 e. The first-order valence-electron chi connectivity index (χ1n) is 17.5. The van der Waals surface area contributed by atoms with Crippen molar-refractivity contribution >= 4 is 77.5 Å². The van der Waals surface area contributed by atoms with E-state index in [-0.39, 0.29) is 30.2 Å². The highest BCUT2D eigenvalue weighted by Gasteiger charge is 2.22. The van der Waals surface area contributed by atoms with Crippen LogP contribution in [-0.4, -0.2) is 53.1 Å². The molecule has 0 aromatic heterocycles. The zero-order valence-corrected chi connectivity index (χ0v) is 29.4. The molecule has 0 spiro atoms. The van der Waals surface area contributed by atoms with Crippen LogP contribution < -0.4 is 10.6 Å². The fraction of sp³-hybridized carbons (Fsp3) is 0.436. The van der Waals surface area contributed by atoms with Gasteiger partial charge in [-0.2, -0.15) is 0 Å². The molecule has 2 N–H and O–H groups in total. The van der Waals surface area contributed by atoms with Crippen LogP contribution in [0.2, 0.25) is 0 Å². The molecule has 4 aromatic rings. The van der Waals surface area contributed by atoms with Gasteiger partial charge in [-0.15, -0.1) is 0 Å². The molecule has 0 aliphatic carbocycles. The molecule has 0 saturated carbocycles. The Kier molecular flexibility index (Phi) is 14.0. The van der Waals surface area contributed by atoms with Crippen LogP contribution in [0.1, 0.15) is 82.6 Å². The first-order chi connectivity index (χ1) is 23.5. The molecular weight excluding hydrogens is 639 g/mol. The lowest BCUT2D eigenvalue weighted by molar-refractivity contribution is -0.137. The van der Waals surface area contributed by atoms with Gasteiger partial charge < -0.3 is 10.6 Å². The molecular formula is C39H47N3O4S2. The summed E-state index contributed by atoms with van der Waals surface area (Å²) in [6.45, 7) is 1.09. The highest BCUT2D eigenvalue weighted by atomic mass is 33.1. The highest BCUT2D eigenvalue weighted by molar-refractivity contribution is 8.76. The molecule has 1 aliphatic rings. The van der Waals surface area contributed by atoms with Crippen molar-refractivity contribution in [2.45, 2.75) is 83.6 Å². The Morgan fingerprint density at radius 1 is 0.583 bits per heavy atom. The zero-order valence-electron chi connectivity index (χ0n) is 27.8. The van der Waals surface area contributed by atoms with E-state index in [0.717, 1.165) is 42.8 Å². The molecule has 0 saturated heterocycles. The van der Waals surface area contributed by atoms with E-state index in [2.05, 4.69) is 65.2 Å². The van der Waals surface area contributed by atoms with E-state index in [4.69, 9.17) is 0 Å². The second-order valence-electron chi connectivity index (χ2n) is 12.5. The van der Waals surface area contributed by atoms with Crippen molar-refractivity contribution in [2.24, 2.45) is 0 Å². The van der Waals surface area contributed by atoms with Crippen molar-refractivity contribution in [3.8, 4) is 0 Å². The van der Waals surface area contributed by atoms with Gasteiger partial charge in [-0.25, -0.2) is 0 Å². The number of rotatable bonds is 22. The van der Waals surface area contributed by atoms with Crippen molar-refractivity contribution in [2.75, 3.05) is 24.6 Å². The van der Waals surface area contributed by atoms with Gasteiger partial charge in [0.1, 0.15) is 0 Å². The maximum atomic E-state index is 12.6. The van der Waals surface area contributed by atoms with Crippen molar-refractivity contribution in [3.63, 3.8) is 0 Å². The van der Waals surface area contributed by atoms with E-state index in [9.17, 15) is 19.2 Å². The van der Waals surface area contributed by atoms with Crippen LogP contribution in [0, 0.1) is 0 Å². The minimum atomic E-state index is -0.316. The molecule has 0 radical (unpaired) electrons. The second-order valence-corrected chi connectivity index (χ2v) is 15.3. The number of benzene rings is 4. The van der Waals surface area contributed by atoms with Gasteiger partial charge in [0.05, 0.1) is 0 Å². The normalized spacial score (nSPS) is 13.0. The predicted octanol–water partition coefficient (Wildman–Crippen LogP) is 8.30. The number of hydrogen-bond donors (Lipinski definition) is 2. The van der Waals surface area contributed by atoms with E-state index >= 15 is 0 Å². The van der Waals surface area contributed by atoms with Crippen LogP contribution in [-0.2, 0) is 25.7 Å². The third-order valence-electron chi connectivity index (χ3n) is 9.00. The molecule has 0 fully saturated rings. The van der Waals surface area contributed by atoms with Gasteiger partial charge in [-0.05, 0) is 63.6 Å². The average Bonchev–Trinajstić information content (AvgIpc) is 3.42. The number of nitrogens with zero attached hydrogens (tertiary/aromatic N) is 1. The Balaban J connectivity index is 0.809. The van der Waals surface area contributed by atoms with E-state index in [1.807, 2.05) is 21.6 Å². The van der Waals surface area contributed by atoms with Gasteiger partial charge in [0.25, 0.3) is 11.8 Å². The number of amides is 4. The zero-order chi connectivity index (χ0) is 33.6. The first kappa shape index (κ1) is 35.7. The standard InChI is InChI=1S/C39H47N3O4S2/c43-34(40-24-25-42-36(45)22-23-37(42)46)14-7-3-1-5-9-26-47-48-27-10-6-2-4-8-15-35(44)41-28-32-19-18-31-17-16-29-12-11-13-30-20-21-33(32)39(31)38(29)30/h11-13,16-23H,1-10,14-15,24-28H2,(H,40,43)(H,41,44). The van der Waals surface area contributed by atoms with Gasteiger partial charge >= 0.3 is 0 Å². The monoisotopic (exact) mass is 685 g/mol. The van der Waals surface area contributed by atoms with Gasteiger partial charge in [-0.3, -0.25) is 24.1 Å². The molecule has 48 heavy (non-hydrogen) atoms. The summed E-state index contributed by atoms with van der Waals surface area (Å²) in [6, 6.07) is 19.6. The Labute approximate surface area is 291 Å². The Morgan fingerprint density at radius 2 is 1.10 bits per heavy atom. The number of nitrogens with one attached hydrogen (secondary N) is 2. The molecule has 0 bridgehead atoms. The fourth-order valence-corrected chi connectivity index (χ4v) is 8.64. The van der Waals surface area contributed by atoms with Crippen LogP contribution in [0.5, 0.6) is 0 Å². The van der Waals surface area contributed by atoms with Crippen molar-refractivity contribution in [1.29, 1.82) is 0 Å².